The minimum absolute atomic E-state index is 0.393. The Balaban J connectivity index is 2.92. The fourth-order valence-corrected chi connectivity index (χ4v) is 1.26. The summed E-state index contributed by atoms with van der Waals surface area (Å²) in [6.45, 7) is 5.51. The van der Waals surface area contributed by atoms with E-state index in [-0.39, 0.29) is 0 Å². The van der Waals surface area contributed by atoms with Crippen LogP contribution in [0.25, 0.3) is 0 Å². The van der Waals surface area contributed by atoms with Crippen LogP contribution < -0.4 is 4.74 Å². The summed E-state index contributed by atoms with van der Waals surface area (Å²) in [5, 5.41) is 0. The Hall–Kier alpha value is -1.12. The quantitative estimate of drug-likeness (QED) is 0.727. The zero-order valence-electron chi connectivity index (χ0n) is 8.80. The maximum atomic E-state index is 13.0. The Morgan fingerprint density at radius 2 is 2.20 bits per heavy atom. The van der Waals surface area contributed by atoms with Crippen LogP contribution >= 0.6 is 0 Å². The first-order chi connectivity index (χ1) is 7.19. The van der Waals surface area contributed by atoms with Crippen LogP contribution in [0.5, 0.6) is 5.75 Å². The second kappa shape index (κ2) is 5.69. The van der Waals surface area contributed by atoms with Gasteiger partial charge in [-0.1, -0.05) is 6.92 Å². The van der Waals surface area contributed by atoms with Gasteiger partial charge in [-0.05, 0) is 31.5 Å². The summed E-state index contributed by atoms with van der Waals surface area (Å²) in [5.41, 5.74) is 0.492. The minimum atomic E-state index is -0.619. The van der Waals surface area contributed by atoms with Crippen LogP contribution in [0, 0.1) is 12.7 Å². The third-order valence-corrected chi connectivity index (χ3v) is 2.06. The van der Waals surface area contributed by atoms with Crippen molar-refractivity contribution >= 4 is 0 Å². The van der Waals surface area contributed by atoms with Crippen molar-refractivity contribution in [1.29, 1.82) is 0 Å². The first-order valence-electron chi connectivity index (χ1n) is 5.00. The van der Waals surface area contributed by atoms with E-state index in [1.807, 2.05) is 6.92 Å². The van der Waals surface area contributed by atoms with Crippen molar-refractivity contribution in [3.05, 3.63) is 36.5 Å². The number of benzene rings is 1. The summed E-state index contributed by atoms with van der Waals surface area (Å²) in [6, 6.07) is 4.11. The Morgan fingerprint density at radius 3 is 2.80 bits per heavy atom. The molecule has 1 radical (unpaired) electrons. The third kappa shape index (κ3) is 3.18. The van der Waals surface area contributed by atoms with Gasteiger partial charge in [0.15, 0.2) is 0 Å². The molecule has 1 unspecified atom stereocenters. The number of hydrogen-bond acceptors (Lipinski definition) is 1. The molecule has 0 aromatic heterocycles. The van der Waals surface area contributed by atoms with Crippen LogP contribution in [0.2, 0.25) is 0 Å². The van der Waals surface area contributed by atoms with Crippen molar-refractivity contribution < 1.29 is 13.5 Å². The molecule has 1 aromatic rings. The largest absolute Gasteiger partial charge is 0.493 e. The summed E-state index contributed by atoms with van der Waals surface area (Å²) in [4.78, 5) is 0. The van der Waals surface area contributed by atoms with E-state index >= 15 is 0 Å². The molecule has 0 N–H and O–H groups in total. The van der Waals surface area contributed by atoms with Crippen LogP contribution in [0.4, 0.5) is 8.78 Å². The molecule has 0 aliphatic rings. The predicted octanol–water partition coefficient (Wildman–Crippen LogP) is 3.50. The standard InChI is InChI=1S/C12H15F2O/c1-3-6-15-12-5-4-10(14)7-11(12)9(2)8-13/h4-5,7,9H,2-3,6,8H2,1H3. The molecule has 0 heterocycles. The average Bonchev–Trinajstić information content (AvgIpc) is 2.26. The number of halogens is 2. The third-order valence-electron chi connectivity index (χ3n) is 2.06. The number of hydrogen-bond donors (Lipinski definition) is 0. The molecule has 3 heteroatoms. The maximum Gasteiger partial charge on any atom is 0.123 e. The minimum Gasteiger partial charge on any atom is -0.493 e. The molecule has 0 spiro atoms. The molecule has 0 amide bonds. The Labute approximate surface area is 89.1 Å². The van der Waals surface area contributed by atoms with Crippen molar-refractivity contribution in [3.63, 3.8) is 0 Å². The summed E-state index contributed by atoms with van der Waals surface area (Å²) >= 11 is 0. The lowest BCUT2D eigenvalue weighted by atomic mass is 10.0. The van der Waals surface area contributed by atoms with Crippen molar-refractivity contribution in [1.82, 2.24) is 0 Å². The summed E-state index contributed by atoms with van der Waals surface area (Å²) < 4.78 is 30.8. The van der Waals surface area contributed by atoms with E-state index in [1.54, 1.807) is 0 Å². The van der Waals surface area contributed by atoms with Gasteiger partial charge in [-0.3, -0.25) is 4.39 Å². The van der Waals surface area contributed by atoms with Crippen LogP contribution in [0.15, 0.2) is 18.2 Å². The van der Waals surface area contributed by atoms with Gasteiger partial charge in [0.1, 0.15) is 11.6 Å². The molecule has 0 saturated heterocycles. The summed E-state index contributed by atoms with van der Waals surface area (Å²) in [5.74, 6) is -0.445. The van der Waals surface area contributed by atoms with Crippen molar-refractivity contribution in [2.75, 3.05) is 13.3 Å². The molecule has 0 fully saturated rings. The average molecular weight is 213 g/mol. The Kier molecular flexibility index (Phi) is 4.53. The zero-order chi connectivity index (χ0) is 11.3. The van der Waals surface area contributed by atoms with E-state index in [0.29, 0.717) is 17.9 Å². The van der Waals surface area contributed by atoms with E-state index in [9.17, 15) is 8.78 Å². The lowest BCUT2D eigenvalue weighted by molar-refractivity contribution is 0.310. The van der Waals surface area contributed by atoms with Crippen LogP contribution in [0.3, 0.4) is 0 Å². The van der Waals surface area contributed by atoms with E-state index < -0.39 is 18.4 Å². The molecule has 1 atom stereocenters. The monoisotopic (exact) mass is 213 g/mol. The molecule has 1 rings (SSSR count). The molecule has 1 nitrogen and oxygen atoms in total. The summed E-state index contributed by atoms with van der Waals surface area (Å²) in [7, 11) is 0. The Morgan fingerprint density at radius 1 is 1.47 bits per heavy atom. The van der Waals surface area contributed by atoms with Crippen molar-refractivity contribution in [3.8, 4) is 5.75 Å². The van der Waals surface area contributed by atoms with Crippen molar-refractivity contribution in [2.45, 2.75) is 19.3 Å². The normalized spacial score (nSPS) is 12.5. The van der Waals surface area contributed by atoms with Crippen LogP contribution in [-0.2, 0) is 0 Å². The van der Waals surface area contributed by atoms with Gasteiger partial charge < -0.3 is 4.74 Å². The highest BCUT2D eigenvalue weighted by molar-refractivity contribution is 5.37. The van der Waals surface area contributed by atoms with Gasteiger partial charge >= 0.3 is 0 Å². The zero-order valence-corrected chi connectivity index (χ0v) is 8.80. The Bertz CT molecular complexity index is 312. The molecule has 1 aromatic carbocycles. The molecule has 15 heavy (non-hydrogen) atoms. The lowest BCUT2D eigenvalue weighted by Crippen LogP contribution is -2.03. The predicted molar refractivity (Wildman–Crippen MR) is 56.3 cm³/mol. The van der Waals surface area contributed by atoms with Crippen LogP contribution in [-0.4, -0.2) is 13.3 Å². The molecule has 83 valence electrons. The van der Waals surface area contributed by atoms with Gasteiger partial charge in [0.05, 0.1) is 13.3 Å². The highest BCUT2D eigenvalue weighted by Gasteiger charge is 2.12. The maximum absolute atomic E-state index is 13.0. The van der Waals surface area contributed by atoms with Gasteiger partial charge in [-0.2, -0.15) is 0 Å². The van der Waals surface area contributed by atoms with Crippen molar-refractivity contribution in [2.24, 2.45) is 0 Å². The molecular formula is C12H15F2O. The molecule has 0 saturated carbocycles. The van der Waals surface area contributed by atoms with Gasteiger partial charge in [0, 0.05) is 11.5 Å². The SMILES string of the molecule is [CH2]C(CF)c1cc(F)ccc1OCCC. The van der Waals surface area contributed by atoms with Gasteiger partial charge in [0.2, 0.25) is 0 Å². The van der Waals surface area contributed by atoms with E-state index in [4.69, 9.17) is 4.74 Å². The number of alkyl halides is 1. The van der Waals surface area contributed by atoms with E-state index in [2.05, 4.69) is 6.92 Å². The topological polar surface area (TPSA) is 9.23 Å². The number of rotatable bonds is 5. The fourth-order valence-electron chi connectivity index (χ4n) is 1.26. The summed E-state index contributed by atoms with van der Waals surface area (Å²) in [6.07, 6.45) is 0.855. The first-order valence-corrected chi connectivity index (χ1v) is 5.00. The highest BCUT2D eigenvalue weighted by Crippen LogP contribution is 2.27. The first kappa shape index (κ1) is 12.0. The second-order valence-corrected chi connectivity index (χ2v) is 3.38. The molecule has 0 aliphatic carbocycles. The van der Waals surface area contributed by atoms with Crippen LogP contribution in [0.1, 0.15) is 24.8 Å². The smallest absolute Gasteiger partial charge is 0.123 e. The fraction of sp³-hybridized carbons (Fsp3) is 0.417. The number of ether oxygens (including phenoxy) is 1. The highest BCUT2D eigenvalue weighted by atomic mass is 19.1. The van der Waals surface area contributed by atoms with E-state index in [1.165, 1.54) is 18.2 Å². The second-order valence-electron chi connectivity index (χ2n) is 3.38. The van der Waals surface area contributed by atoms with E-state index in [0.717, 1.165) is 6.42 Å². The lowest BCUT2D eigenvalue weighted by Gasteiger charge is -2.14. The molecule has 0 aliphatic heterocycles. The van der Waals surface area contributed by atoms with Gasteiger partial charge in [0.25, 0.3) is 0 Å². The molecule has 0 bridgehead atoms. The molecular weight excluding hydrogens is 198 g/mol. The van der Waals surface area contributed by atoms with Gasteiger partial charge in [-0.25, -0.2) is 4.39 Å². The van der Waals surface area contributed by atoms with Gasteiger partial charge in [-0.15, -0.1) is 0 Å².